The molecule has 0 saturated heterocycles. The predicted molar refractivity (Wildman–Crippen MR) is 77.1 cm³/mol. The average Bonchev–Trinajstić information content (AvgIpc) is 2.40. The minimum atomic E-state index is -1.39. The summed E-state index contributed by atoms with van der Waals surface area (Å²) in [6.45, 7) is 0. The minimum absolute atomic E-state index is 0.0837. The fraction of sp³-hybridized carbons (Fsp3) is 0.0667. The fourth-order valence-corrected chi connectivity index (χ4v) is 2.02. The number of benzene rings is 2. The van der Waals surface area contributed by atoms with E-state index in [1.54, 1.807) is 24.3 Å². The lowest BCUT2D eigenvalue weighted by molar-refractivity contribution is -0.115. The summed E-state index contributed by atoms with van der Waals surface area (Å²) in [6.07, 6.45) is 0.0837. The van der Waals surface area contributed by atoms with Crippen molar-refractivity contribution in [2.75, 3.05) is 5.32 Å². The molecule has 0 aromatic heterocycles. The lowest BCUT2D eigenvalue weighted by atomic mass is 10.1. The number of carbonyl (C=O) groups is 2. The molecule has 108 valence electrons. The summed E-state index contributed by atoms with van der Waals surface area (Å²) in [7, 11) is 0. The number of carboxylic acid groups (broad SMARTS) is 1. The highest BCUT2D eigenvalue weighted by molar-refractivity contribution is 6.30. The van der Waals surface area contributed by atoms with Gasteiger partial charge in [0, 0.05) is 10.7 Å². The average molecular weight is 308 g/mol. The van der Waals surface area contributed by atoms with Gasteiger partial charge in [0.05, 0.1) is 12.0 Å². The molecule has 0 heterocycles. The molecule has 2 rings (SSSR count). The molecule has 0 spiro atoms. The Morgan fingerprint density at radius 3 is 2.62 bits per heavy atom. The zero-order valence-corrected chi connectivity index (χ0v) is 11.5. The number of hydrogen-bond acceptors (Lipinski definition) is 2. The molecule has 4 nitrogen and oxygen atoms in total. The van der Waals surface area contributed by atoms with E-state index in [-0.39, 0.29) is 18.0 Å². The van der Waals surface area contributed by atoms with Gasteiger partial charge in [-0.05, 0) is 35.9 Å². The second-order valence-corrected chi connectivity index (χ2v) is 4.79. The second-order valence-electron chi connectivity index (χ2n) is 4.35. The maximum Gasteiger partial charge on any atom is 0.338 e. The van der Waals surface area contributed by atoms with E-state index in [4.69, 9.17) is 16.7 Å². The highest BCUT2D eigenvalue weighted by Crippen LogP contribution is 2.16. The standard InChI is InChI=1S/C15H11ClFNO3/c16-10-3-1-2-9(6-10)7-14(19)18-11-4-5-13(17)12(8-11)15(20)21/h1-6,8H,7H2,(H,18,19)(H,20,21). The van der Waals surface area contributed by atoms with Gasteiger partial charge in [0.2, 0.25) is 5.91 Å². The van der Waals surface area contributed by atoms with Crippen LogP contribution in [0, 0.1) is 5.82 Å². The van der Waals surface area contributed by atoms with Gasteiger partial charge in [0.15, 0.2) is 0 Å². The van der Waals surface area contributed by atoms with Gasteiger partial charge in [-0.25, -0.2) is 9.18 Å². The van der Waals surface area contributed by atoms with E-state index in [9.17, 15) is 14.0 Å². The smallest absolute Gasteiger partial charge is 0.338 e. The van der Waals surface area contributed by atoms with E-state index in [1.165, 1.54) is 6.07 Å². The first-order chi connectivity index (χ1) is 9.95. The van der Waals surface area contributed by atoms with Crippen molar-refractivity contribution in [3.8, 4) is 0 Å². The van der Waals surface area contributed by atoms with Crippen LogP contribution in [0.1, 0.15) is 15.9 Å². The zero-order chi connectivity index (χ0) is 15.4. The molecule has 0 aliphatic rings. The molecule has 1 amide bonds. The number of nitrogens with one attached hydrogen (secondary N) is 1. The van der Waals surface area contributed by atoms with Crippen molar-refractivity contribution in [3.05, 3.63) is 64.4 Å². The maximum atomic E-state index is 13.2. The number of carbonyl (C=O) groups excluding carboxylic acids is 1. The van der Waals surface area contributed by atoms with E-state index in [2.05, 4.69) is 5.32 Å². The van der Waals surface area contributed by atoms with Gasteiger partial charge in [-0.1, -0.05) is 23.7 Å². The first-order valence-corrected chi connectivity index (χ1v) is 6.40. The van der Waals surface area contributed by atoms with Crippen molar-refractivity contribution in [3.63, 3.8) is 0 Å². The van der Waals surface area contributed by atoms with E-state index < -0.39 is 17.3 Å². The molecule has 0 fully saturated rings. The number of amides is 1. The Hall–Kier alpha value is -2.40. The summed E-state index contributed by atoms with van der Waals surface area (Å²) in [6, 6.07) is 10.2. The Bertz CT molecular complexity index is 703. The summed E-state index contributed by atoms with van der Waals surface area (Å²) in [5, 5.41) is 11.9. The van der Waals surface area contributed by atoms with Crippen molar-refractivity contribution >= 4 is 29.2 Å². The number of carboxylic acids is 1. The third-order valence-electron chi connectivity index (χ3n) is 2.73. The van der Waals surface area contributed by atoms with Crippen LogP contribution >= 0.6 is 11.6 Å². The minimum Gasteiger partial charge on any atom is -0.478 e. The third-order valence-corrected chi connectivity index (χ3v) is 2.97. The molecular weight excluding hydrogens is 297 g/mol. The highest BCUT2D eigenvalue weighted by Gasteiger charge is 2.12. The van der Waals surface area contributed by atoms with Crippen LogP contribution in [0.2, 0.25) is 5.02 Å². The van der Waals surface area contributed by atoms with Gasteiger partial charge in [-0.2, -0.15) is 0 Å². The fourth-order valence-electron chi connectivity index (χ4n) is 1.80. The number of halogens is 2. The Balaban J connectivity index is 2.09. The van der Waals surface area contributed by atoms with Crippen LogP contribution in [0.3, 0.4) is 0 Å². The number of rotatable bonds is 4. The van der Waals surface area contributed by atoms with E-state index >= 15 is 0 Å². The van der Waals surface area contributed by atoms with E-state index in [0.29, 0.717) is 5.02 Å². The van der Waals surface area contributed by atoms with Crippen molar-refractivity contribution < 1.29 is 19.1 Å². The van der Waals surface area contributed by atoms with Crippen LogP contribution in [-0.2, 0) is 11.2 Å². The summed E-state index contributed by atoms with van der Waals surface area (Å²) in [5.41, 5.74) is 0.456. The number of hydrogen-bond donors (Lipinski definition) is 2. The molecule has 0 aliphatic carbocycles. The van der Waals surface area contributed by atoms with Crippen LogP contribution < -0.4 is 5.32 Å². The first-order valence-electron chi connectivity index (χ1n) is 6.03. The molecule has 0 unspecified atom stereocenters. The number of anilines is 1. The Morgan fingerprint density at radius 2 is 1.95 bits per heavy atom. The number of aromatic carboxylic acids is 1. The molecule has 2 aromatic rings. The lowest BCUT2D eigenvalue weighted by Crippen LogP contribution is -2.15. The molecule has 0 radical (unpaired) electrons. The van der Waals surface area contributed by atoms with Crippen LogP contribution in [-0.4, -0.2) is 17.0 Å². The van der Waals surface area contributed by atoms with Crippen molar-refractivity contribution in [1.82, 2.24) is 0 Å². The van der Waals surface area contributed by atoms with E-state index in [0.717, 1.165) is 17.7 Å². The normalized spacial score (nSPS) is 10.2. The van der Waals surface area contributed by atoms with Crippen LogP contribution in [0.15, 0.2) is 42.5 Å². The SMILES string of the molecule is O=C(Cc1cccc(Cl)c1)Nc1ccc(F)c(C(=O)O)c1. The quantitative estimate of drug-likeness (QED) is 0.910. The maximum absolute atomic E-state index is 13.2. The Morgan fingerprint density at radius 1 is 1.19 bits per heavy atom. The van der Waals surface area contributed by atoms with Gasteiger partial charge < -0.3 is 10.4 Å². The van der Waals surface area contributed by atoms with Gasteiger partial charge in [0.25, 0.3) is 0 Å². The van der Waals surface area contributed by atoms with Crippen molar-refractivity contribution in [1.29, 1.82) is 0 Å². The van der Waals surface area contributed by atoms with Gasteiger partial charge in [0.1, 0.15) is 5.82 Å². The van der Waals surface area contributed by atoms with Crippen LogP contribution in [0.4, 0.5) is 10.1 Å². The zero-order valence-electron chi connectivity index (χ0n) is 10.8. The molecule has 0 bridgehead atoms. The molecule has 21 heavy (non-hydrogen) atoms. The van der Waals surface area contributed by atoms with Crippen LogP contribution in [0.5, 0.6) is 0 Å². The lowest BCUT2D eigenvalue weighted by Gasteiger charge is -2.07. The summed E-state index contributed by atoms with van der Waals surface area (Å²) in [4.78, 5) is 22.7. The topological polar surface area (TPSA) is 66.4 Å². The second kappa shape index (κ2) is 6.37. The van der Waals surface area contributed by atoms with Gasteiger partial charge >= 0.3 is 5.97 Å². The highest BCUT2D eigenvalue weighted by atomic mass is 35.5. The van der Waals surface area contributed by atoms with E-state index in [1.807, 2.05) is 0 Å². The Kier molecular flexibility index (Phi) is 4.55. The molecule has 2 N–H and O–H groups in total. The Labute approximate surface area is 125 Å². The molecule has 0 atom stereocenters. The predicted octanol–water partition coefficient (Wildman–Crippen LogP) is 3.36. The molecular formula is C15H11ClFNO3. The van der Waals surface area contributed by atoms with Crippen molar-refractivity contribution in [2.45, 2.75) is 6.42 Å². The van der Waals surface area contributed by atoms with Crippen molar-refractivity contribution in [2.24, 2.45) is 0 Å². The summed E-state index contributed by atoms with van der Waals surface area (Å²) < 4.78 is 13.2. The monoisotopic (exact) mass is 307 g/mol. The molecule has 2 aromatic carbocycles. The van der Waals surface area contributed by atoms with Crippen LogP contribution in [0.25, 0.3) is 0 Å². The molecule has 6 heteroatoms. The molecule has 0 saturated carbocycles. The molecule has 0 aliphatic heterocycles. The van der Waals surface area contributed by atoms with Gasteiger partial charge in [-0.3, -0.25) is 4.79 Å². The summed E-state index contributed by atoms with van der Waals surface area (Å²) in [5.74, 6) is -2.59. The largest absolute Gasteiger partial charge is 0.478 e. The third kappa shape index (κ3) is 4.03. The first kappa shape index (κ1) is 15.0. The summed E-state index contributed by atoms with van der Waals surface area (Å²) >= 11 is 5.82. The van der Waals surface area contributed by atoms with Gasteiger partial charge in [-0.15, -0.1) is 0 Å².